The largest absolute Gasteiger partial charge is 0.490 e. The number of epoxide rings is 1. The molecule has 2 nitrogen and oxygen atoms in total. The van der Waals surface area contributed by atoms with Gasteiger partial charge in [0.15, 0.2) is 0 Å². The first kappa shape index (κ1) is 19.8. The predicted molar refractivity (Wildman–Crippen MR) is 106 cm³/mol. The maximum Gasteiger partial charge on any atom is 0.120 e. The van der Waals surface area contributed by atoms with E-state index in [0.717, 1.165) is 37.9 Å². The van der Waals surface area contributed by atoms with E-state index in [2.05, 4.69) is 65.0 Å². The first-order chi connectivity index (χ1) is 11.9. The first-order valence-electron chi connectivity index (χ1n) is 9.61. The quantitative estimate of drug-likeness (QED) is 0.370. The van der Waals surface area contributed by atoms with Gasteiger partial charge in [-0.2, -0.15) is 0 Å². The van der Waals surface area contributed by atoms with Crippen LogP contribution in [-0.4, -0.2) is 18.3 Å². The fourth-order valence-electron chi connectivity index (χ4n) is 2.98. The van der Waals surface area contributed by atoms with Gasteiger partial charge in [0.2, 0.25) is 0 Å². The fourth-order valence-corrected chi connectivity index (χ4v) is 2.98. The van der Waals surface area contributed by atoms with Crippen LogP contribution in [0, 0.1) is 0 Å². The van der Waals surface area contributed by atoms with Crippen molar-refractivity contribution >= 4 is 0 Å². The average molecular weight is 343 g/mol. The molecule has 1 unspecified atom stereocenters. The fraction of sp³-hybridized carbons (Fsp3) is 0.565. The summed E-state index contributed by atoms with van der Waals surface area (Å²) in [6.07, 6.45) is 10.6. The van der Waals surface area contributed by atoms with Gasteiger partial charge in [-0.05, 0) is 83.6 Å². The maximum absolute atomic E-state index is 5.83. The molecule has 0 aliphatic carbocycles. The van der Waals surface area contributed by atoms with Gasteiger partial charge in [0, 0.05) is 0 Å². The van der Waals surface area contributed by atoms with Crippen molar-refractivity contribution in [2.45, 2.75) is 78.4 Å². The van der Waals surface area contributed by atoms with E-state index in [1.54, 1.807) is 0 Å². The van der Waals surface area contributed by atoms with Crippen molar-refractivity contribution in [2.75, 3.05) is 6.61 Å². The van der Waals surface area contributed by atoms with E-state index in [0.29, 0.717) is 12.7 Å². The first-order valence-corrected chi connectivity index (χ1v) is 9.61. The molecule has 2 heteroatoms. The van der Waals surface area contributed by atoms with Crippen LogP contribution in [0.15, 0.2) is 47.6 Å². The van der Waals surface area contributed by atoms with Crippen LogP contribution in [-0.2, 0) is 11.2 Å². The summed E-state index contributed by atoms with van der Waals surface area (Å²) in [5.41, 5.74) is 4.31. The van der Waals surface area contributed by atoms with Gasteiger partial charge in [-0.3, -0.25) is 0 Å². The van der Waals surface area contributed by atoms with Gasteiger partial charge in [-0.15, -0.1) is 0 Å². The van der Waals surface area contributed by atoms with Crippen molar-refractivity contribution in [3.05, 3.63) is 53.1 Å². The molecule has 1 atom stereocenters. The van der Waals surface area contributed by atoms with Gasteiger partial charge in [-0.25, -0.2) is 0 Å². The topological polar surface area (TPSA) is 21.8 Å². The summed E-state index contributed by atoms with van der Waals surface area (Å²) in [4.78, 5) is 0. The van der Waals surface area contributed by atoms with E-state index in [4.69, 9.17) is 9.47 Å². The predicted octanol–water partition coefficient (Wildman–Crippen LogP) is 6.26. The molecule has 1 saturated heterocycles. The molecule has 1 aromatic rings. The molecule has 0 aromatic heterocycles. The molecule has 2 rings (SSSR count). The molecule has 1 fully saturated rings. The average Bonchev–Trinajstić information content (AvgIpc) is 3.20. The summed E-state index contributed by atoms with van der Waals surface area (Å²) in [6, 6.07) is 8.35. The second kappa shape index (κ2) is 9.24. The van der Waals surface area contributed by atoms with E-state index >= 15 is 0 Å². The van der Waals surface area contributed by atoms with Crippen molar-refractivity contribution in [2.24, 2.45) is 0 Å². The van der Waals surface area contributed by atoms with Crippen LogP contribution in [0.2, 0.25) is 0 Å². The number of hydrogen-bond acceptors (Lipinski definition) is 2. The number of ether oxygens (including phenoxy) is 2. The van der Waals surface area contributed by atoms with Crippen LogP contribution in [0.25, 0.3) is 0 Å². The number of benzene rings is 1. The highest BCUT2D eigenvalue weighted by Gasteiger charge is 2.46. The second-order valence-electron chi connectivity index (χ2n) is 7.70. The highest BCUT2D eigenvalue weighted by atomic mass is 16.6. The van der Waals surface area contributed by atoms with Gasteiger partial charge in [-0.1, -0.05) is 36.3 Å². The Labute approximate surface area is 153 Å². The summed E-state index contributed by atoms with van der Waals surface area (Å²) in [7, 11) is 0. The van der Waals surface area contributed by atoms with Crippen molar-refractivity contribution in [1.29, 1.82) is 0 Å². The third-order valence-electron chi connectivity index (χ3n) is 4.98. The number of hydrogen-bond donors (Lipinski definition) is 0. The van der Waals surface area contributed by atoms with Crippen molar-refractivity contribution < 1.29 is 9.47 Å². The zero-order chi connectivity index (χ0) is 18.3. The lowest BCUT2D eigenvalue weighted by Gasteiger charge is -2.06. The van der Waals surface area contributed by atoms with E-state index in [9.17, 15) is 0 Å². The van der Waals surface area contributed by atoms with Crippen LogP contribution in [0.4, 0.5) is 0 Å². The Morgan fingerprint density at radius 1 is 1.16 bits per heavy atom. The molecule has 0 spiro atoms. The molecule has 0 N–H and O–H groups in total. The molecule has 0 bridgehead atoms. The smallest absolute Gasteiger partial charge is 0.120 e. The van der Waals surface area contributed by atoms with Crippen LogP contribution >= 0.6 is 0 Å². The maximum atomic E-state index is 5.83. The second-order valence-corrected chi connectivity index (χ2v) is 7.70. The third kappa shape index (κ3) is 7.07. The molecular formula is C23H34O2. The summed E-state index contributed by atoms with van der Waals surface area (Å²) < 4.78 is 11.5. The minimum Gasteiger partial charge on any atom is -0.490 e. The molecule has 0 saturated carbocycles. The minimum absolute atomic E-state index is 0.121. The highest BCUT2D eigenvalue weighted by molar-refractivity contribution is 5.28. The van der Waals surface area contributed by atoms with Crippen LogP contribution < -0.4 is 4.74 Å². The Morgan fingerprint density at radius 2 is 1.88 bits per heavy atom. The van der Waals surface area contributed by atoms with E-state index in [1.165, 1.54) is 16.7 Å². The molecular weight excluding hydrogens is 308 g/mol. The van der Waals surface area contributed by atoms with Crippen molar-refractivity contribution in [3.63, 3.8) is 0 Å². The SMILES string of the molecule is CCc1cccc(OC/C=C(\C)CC/C=C(\C)CCC2OC2(C)C)c1. The van der Waals surface area contributed by atoms with Gasteiger partial charge in [0.1, 0.15) is 12.4 Å². The summed E-state index contributed by atoms with van der Waals surface area (Å²) >= 11 is 0. The Hall–Kier alpha value is -1.54. The Morgan fingerprint density at radius 3 is 2.56 bits per heavy atom. The number of aryl methyl sites for hydroxylation is 1. The monoisotopic (exact) mass is 342 g/mol. The molecule has 1 aromatic carbocycles. The Balaban J connectivity index is 1.64. The van der Waals surface area contributed by atoms with Crippen LogP contribution in [0.3, 0.4) is 0 Å². The standard InChI is InChI=1S/C23H34O2/c1-6-20-11-8-12-21(17-20)24-16-15-19(3)10-7-9-18(2)13-14-22-23(4,5)25-22/h8-9,11-12,15,17,22H,6-7,10,13-14,16H2,1-5H3/b18-9+,19-15+. The van der Waals surface area contributed by atoms with Crippen LogP contribution in [0.1, 0.15) is 65.9 Å². The molecule has 1 heterocycles. The summed E-state index contributed by atoms with van der Waals surface area (Å²) in [5.74, 6) is 0.962. The lowest BCUT2D eigenvalue weighted by atomic mass is 10.0. The van der Waals surface area contributed by atoms with Gasteiger partial charge in [0.25, 0.3) is 0 Å². The lowest BCUT2D eigenvalue weighted by molar-refractivity contribution is 0.320. The number of allylic oxidation sites excluding steroid dienone is 3. The zero-order valence-corrected chi connectivity index (χ0v) is 16.6. The van der Waals surface area contributed by atoms with Gasteiger partial charge < -0.3 is 9.47 Å². The molecule has 1 aliphatic rings. The van der Waals surface area contributed by atoms with E-state index in [1.807, 2.05) is 6.07 Å². The zero-order valence-electron chi connectivity index (χ0n) is 16.6. The van der Waals surface area contributed by atoms with E-state index < -0.39 is 0 Å². The van der Waals surface area contributed by atoms with Gasteiger partial charge in [0.05, 0.1) is 11.7 Å². The van der Waals surface area contributed by atoms with Crippen molar-refractivity contribution in [1.82, 2.24) is 0 Å². The minimum atomic E-state index is 0.121. The molecule has 138 valence electrons. The summed E-state index contributed by atoms with van der Waals surface area (Å²) in [5, 5.41) is 0. The van der Waals surface area contributed by atoms with Crippen LogP contribution in [0.5, 0.6) is 5.75 Å². The van der Waals surface area contributed by atoms with Crippen molar-refractivity contribution in [3.8, 4) is 5.75 Å². The Kier molecular flexibility index (Phi) is 7.31. The molecule has 25 heavy (non-hydrogen) atoms. The molecule has 0 radical (unpaired) electrons. The van der Waals surface area contributed by atoms with Gasteiger partial charge >= 0.3 is 0 Å². The molecule has 1 aliphatic heterocycles. The lowest BCUT2D eigenvalue weighted by Crippen LogP contribution is -2.02. The summed E-state index contributed by atoms with van der Waals surface area (Å²) in [6.45, 7) is 11.6. The third-order valence-corrected chi connectivity index (χ3v) is 4.98. The highest BCUT2D eigenvalue weighted by Crippen LogP contribution is 2.38. The number of rotatable bonds is 10. The normalized spacial score (nSPS) is 19.8. The molecule has 0 amide bonds. The van der Waals surface area contributed by atoms with E-state index in [-0.39, 0.29) is 5.60 Å². The Bertz CT molecular complexity index is 610.